The molecule has 2 heterocycles. The van der Waals surface area contributed by atoms with Crippen LogP contribution in [0.5, 0.6) is 0 Å². The highest BCUT2D eigenvalue weighted by Gasteiger charge is 2.13. The van der Waals surface area contributed by atoms with Gasteiger partial charge in [-0.05, 0) is 56.7 Å². The lowest BCUT2D eigenvalue weighted by atomic mass is 10.1. The van der Waals surface area contributed by atoms with E-state index in [9.17, 15) is 9.59 Å². The largest absolute Gasteiger partial charge is 0.428 e. The maximum absolute atomic E-state index is 12.0. The fourth-order valence-electron chi connectivity index (χ4n) is 1.84. The van der Waals surface area contributed by atoms with Gasteiger partial charge in [0.25, 0.3) is 0 Å². The van der Waals surface area contributed by atoms with Crippen LogP contribution in [0.25, 0.3) is 6.08 Å². The van der Waals surface area contributed by atoms with Crippen LogP contribution in [0.15, 0.2) is 33.5 Å². The van der Waals surface area contributed by atoms with Gasteiger partial charge in [0.1, 0.15) is 11.3 Å². The number of ketones is 1. The van der Waals surface area contributed by atoms with Crippen LogP contribution in [-0.2, 0) is 0 Å². The molecule has 2 aromatic heterocycles. The van der Waals surface area contributed by atoms with Crippen LogP contribution in [0.4, 0.5) is 0 Å². The van der Waals surface area contributed by atoms with Gasteiger partial charge in [-0.3, -0.25) is 4.79 Å². The van der Waals surface area contributed by atoms with Gasteiger partial charge in [-0.1, -0.05) is 0 Å². The Labute approximate surface area is 115 Å². The summed E-state index contributed by atoms with van der Waals surface area (Å²) in [6.45, 7) is 5.43. The molecule has 4 heteroatoms. The van der Waals surface area contributed by atoms with E-state index in [2.05, 4.69) is 0 Å². The van der Waals surface area contributed by atoms with E-state index >= 15 is 0 Å². The third-order valence-electron chi connectivity index (χ3n) is 2.68. The molecule has 0 aliphatic rings. The number of rotatable bonds is 3. The maximum Gasteiger partial charge on any atom is 0.347 e. The van der Waals surface area contributed by atoms with Crippen LogP contribution in [0.3, 0.4) is 0 Å². The smallest absolute Gasteiger partial charge is 0.347 e. The summed E-state index contributed by atoms with van der Waals surface area (Å²) < 4.78 is 4.96. The Balaban J connectivity index is 2.31. The summed E-state index contributed by atoms with van der Waals surface area (Å²) in [5.41, 5.74) is 0.176. The lowest BCUT2D eigenvalue weighted by Gasteiger charge is -2.00. The Bertz CT molecular complexity index is 704. The van der Waals surface area contributed by atoms with Crippen LogP contribution in [-0.4, -0.2) is 5.78 Å². The molecular formula is C15H14O3S. The summed E-state index contributed by atoms with van der Waals surface area (Å²) >= 11 is 1.60. The van der Waals surface area contributed by atoms with Crippen molar-refractivity contribution in [1.82, 2.24) is 0 Å². The number of aryl methyl sites for hydroxylation is 3. The molecular weight excluding hydrogens is 260 g/mol. The van der Waals surface area contributed by atoms with Crippen molar-refractivity contribution in [2.24, 2.45) is 0 Å². The standard InChI is InChI=1S/C15H14O3S/c1-9-8-10(2)18-15(17)14(9)13(16)7-6-12-5-4-11(3)19-12/h4-8H,1-3H3/b7-6+. The molecule has 0 saturated heterocycles. The van der Waals surface area contributed by atoms with E-state index in [0.29, 0.717) is 11.3 Å². The molecule has 2 aromatic rings. The molecule has 0 aliphatic carbocycles. The highest BCUT2D eigenvalue weighted by Crippen LogP contribution is 2.17. The Kier molecular flexibility index (Phi) is 3.81. The molecule has 0 saturated carbocycles. The molecule has 98 valence electrons. The topological polar surface area (TPSA) is 47.3 Å². The molecule has 0 amide bonds. The van der Waals surface area contributed by atoms with E-state index in [-0.39, 0.29) is 11.3 Å². The average Bonchev–Trinajstić information content (AvgIpc) is 2.71. The predicted molar refractivity (Wildman–Crippen MR) is 76.9 cm³/mol. The van der Waals surface area contributed by atoms with Crippen molar-refractivity contribution in [3.63, 3.8) is 0 Å². The van der Waals surface area contributed by atoms with E-state index in [1.165, 1.54) is 11.0 Å². The minimum atomic E-state index is -0.575. The molecule has 0 bridgehead atoms. The molecule has 0 fully saturated rings. The van der Waals surface area contributed by atoms with Crippen molar-refractivity contribution in [1.29, 1.82) is 0 Å². The normalized spacial score (nSPS) is 11.1. The van der Waals surface area contributed by atoms with Gasteiger partial charge in [0, 0.05) is 9.75 Å². The summed E-state index contributed by atoms with van der Waals surface area (Å²) in [6.07, 6.45) is 3.14. The van der Waals surface area contributed by atoms with Gasteiger partial charge in [0.2, 0.25) is 0 Å². The number of carbonyl (C=O) groups excluding carboxylic acids is 1. The Morgan fingerprint density at radius 1 is 1.26 bits per heavy atom. The second-order valence-electron chi connectivity index (χ2n) is 4.35. The zero-order chi connectivity index (χ0) is 14.0. The van der Waals surface area contributed by atoms with E-state index in [4.69, 9.17) is 4.42 Å². The lowest BCUT2D eigenvalue weighted by molar-refractivity contribution is 0.104. The molecule has 19 heavy (non-hydrogen) atoms. The van der Waals surface area contributed by atoms with Crippen molar-refractivity contribution in [2.45, 2.75) is 20.8 Å². The SMILES string of the molecule is Cc1cc(C)c(C(=O)/C=C/c2ccc(C)s2)c(=O)o1. The van der Waals surface area contributed by atoms with Crippen LogP contribution < -0.4 is 5.63 Å². The minimum absolute atomic E-state index is 0.107. The first-order chi connectivity index (χ1) is 8.97. The molecule has 0 spiro atoms. The fourth-order valence-corrected chi connectivity index (χ4v) is 2.62. The predicted octanol–water partition coefficient (Wildman–Crippen LogP) is 3.52. The molecule has 0 N–H and O–H groups in total. The van der Waals surface area contributed by atoms with Gasteiger partial charge >= 0.3 is 5.63 Å². The summed E-state index contributed by atoms with van der Waals surface area (Å²) in [4.78, 5) is 25.9. The van der Waals surface area contributed by atoms with E-state index < -0.39 is 5.63 Å². The number of allylic oxidation sites excluding steroid dienone is 1. The second kappa shape index (κ2) is 5.36. The highest BCUT2D eigenvalue weighted by atomic mass is 32.1. The minimum Gasteiger partial charge on any atom is -0.428 e. The number of carbonyl (C=O) groups is 1. The lowest BCUT2D eigenvalue weighted by Crippen LogP contribution is -2.15. The van der Waals surface area contributed by atoms with Crippen LogP contribution in [0.2, 0.25) is 0 Å². The second-order valence-corrected chi connectivity index (χ2v) is 5.67. The van der Waals surface area contributed by atoms with Crippen LogP contribution in [0.1, 0.15) is 31.4 Å². The molecule has 0 atom stereocenters. The molecule has 0 radical (unpaired) electrons. The monoisotopic (exact) mass is 274 g/mol. The first kappa shape index (κ1) is 13.5. The highest BCUT2D eigenvalue weighted by molar-refractivity contribution is 7.12. The zero-order valence-electron chi connectivity index (χ0n) is 11.0. The summed E-state index contributed by atoms with van der Waals surface area (Å²) in [6, 6.07) is 5.62. The van der Waals surface area contributed by atoms with Crippen molar-refractivity contribution in [3.8, 4) is 0 Å². The van der Waals surface area contributed by atoms with Crippen molar-refractivity contribution in [2.75, 3.05) is 0 Å². The van der Waals surface area contributed by atoms with Crippen molar-refractivity contribution >= 4 is 23.2 Å². The number of thiophene rings is 1. The average molecular weight is 274 g/mol. The number of hydrogen-bond donors (Lipinski definition) is 0. The fraction of sp³-hybridized carbons (Fsp3) is 0.200. The van der Waals surface area contributed by atoms with Gasteiger partial charge in [0.05, 0.1) is 0 Å². The molecule has 3 nitrogen and oxygen atoms in total. The van der Waals surface area contributed by atoms with Gasteiger partial charge in [0.15, 0.2) is 5.78 Å². The first-order valence-corrected chi connectivity index (χ1v) is 6.69. The van der Waals surface area contributed by atoms with Crippen molar-refractivity contribution in [3.05, 3.63) is 61.3 Å². The van der Waals surface area contributed by atoms with Crippen LogP contribution in [0, 0.1) is 20.8 Å². The third kappa shape index (κ3) is 3.09. The first-order valence-electron chi connectivity index (χ1n) is 5.87. The maximum atomic E-state index is 12.0. The molecule has 0 unspecified atom stereocenters. The Morgan fingerprint density at radius 2 is 2.00 bits per heavy atom. The summed E-state index contributed by atoms with van der Waals surface area (Å²) in [7, 11) is 0. The van der Waals surface area contributed by atoms with Crippen molar-refractivity contribution < 1.29 is 9.21 Å². The third-order valence-corrected chi connectivity index (χ3v) is 3.64. The van der Waals surface area contributed by atoms with E-state index in [0.717, 1.165) is 4.88 Å². The van der Waals surface area contributed by atoms with Gasteiger partial charge in [-0.25, -0.2) is 4.79 Å². The Hall–Kier alpha value is -1.94. The van der Waals surface area contributed by atoms with Gasteiger partial charge in [-0.15, -0.1) is 11.3 Å². The summed E-state index contributed by atoms with van der Waals surface area (Å²) in [5.74, 6) is 0.189. The Morgan fingerprint density at radius 3 is 2.58 bits per heavy atom. The van der Waals surface area contributed by atoms with E-state index in [1.807, 2.05) is 19.1 Å². The van der Waals surface area contributed by atoms with E-state index in [1.54, 1.807) is 37.3 Å². The summed E-state index contributed by atoms with van der Waals surface area (Å²) in [5, 5.41) is 0. The van der Waals surface area contributed by atoms with Gasteiger partial charge < -0.3 is 4.42 Å². The quantitative estimate of drug-likeness (QED) is 0.635. The molecule has 0 aromatic carbocycles. The molecule has 0 aliphatic heterocycles. The number of hydrogen-bond acceptors (Lipinski definition) is 4. The van der Waals surface area contributed by atoms with Crippen LogP contribution >= 0.6 is 11.3 Å². The molecule has 2 rings (SSSR count). The zero-order valence-corrected chi connectivity index (χ0v) is 11.8. The van der Waals surface area contributed by atoms with Gasteiger partial charge in [-0.2, -0.15) is 0 Å².